The molecule has 0 saturated carbocycles. The number of carbonyl (C=O) groups is 4. The van der Waals surface area contributed by atoms with E-state index in [9.17, 15) is 19.2 Å². The number of nitrogens with two attached hydrogens (primary N) is 1. The van der Waals surface area contributed by atoms with Gasteiger partial charge in [0.05, 0.1) is 0 Å². The molecular weight excluding hydrogens is 703 g/mol. The molecule has 4 heterocycles. The van der Waals surface area contributed by atoms with Gasteiger partial charge in [-0.05, 0) is 34.2 Å². The number of aliphatic carboxylic acids is 1. The molecule has 0 radical (unpaired) electrons. The molecule has 2 aliphatic rings. The minimum Gasteiger partial charge on any atom is -0.479 e. The molecule has 2 aliphatic heterocycles. The molecule has 6 rings (SSSR count). The molecule has 2 aromatic carbocycles. The molecule has 50 heavy (non-hydrogen) atoms. The van der Waals surface area contributed by atoms with Gasteiger partial charge in [0.25, 0.3) is 11.8 Å². The van der Waals surface area contributed by atoms with E-state index in [1.807, 2.05) is 84.3 Å². The Morgan fingerprint density at radius 1 is 1.10 bits per heavy atom. The SMILES string of the molecule is Nc1nc(C(=NOCC(=O)O)C(=O)NC2C(=O)N3C(C(=O)OC(c4ccccc4)c4ccccc4)=C(S/C=C\c4cccnc4)CS[C@@H]23)ns1. The topological polar surface area (TPSA) is 199 Å². The van der Waals surface area contributed by atoms with E-state index in [1.165, 1.54) is 28.4 Å². The Kier molecular flexibility index (Phi) is 10.9. The number of anilines is 1. The van der Waals surface area contributed by atoms with Crippen molar-refractivity contribution in [3.05, 3.63) is 124 Å². The van der Waals surface area contributed by atoms with E-state index < -0.39 is 53.6 Å². The predicted molar refractivity (Wildman–Crippen MR) is 188 cm³/mol. The van der Waals surface area contributed by atoms with Crippen molar-refractivity contribution in [1.29, 1.82) is 0 Å². The third-order valence-electron chi connectivity index (χ3n) is 7.21. The summed E-state index contributed by atoms with van der Waals surface area (Å²) in [6.07, 6.45) is 4.44. The third kappa shape index (κ3) is 7.85. The van der Waals surface area contributed by atoms with Crippen LogP contribution < -0.4 is 11.1 Å². The first-order valence-electron chi connectivity index (χ1n) is 14.8. The molecule has 1 saturated heterocycles. The molecule has 1 unspecified atom stereocenters. The van der Waals surface area contributed by atoms with Gasteiger partial charge >= 0.3 is 11.9 Å². The van der Waals surface area contributed by atoms with Crippen molar-refractivity contribution in [2.24, 2.45) is 5.16 Å². The summed E-state index contributed by atoms with van der Waals surface area (Å²) in [6.45, 7) is -0.829. The Labute approximate surface area is 297 Å². The maximum absolute atomic E-state index is 14.2. The fraction of sp³-hybridized carbons (Fsp3) is 0.152. The van der Waals surface area contributed by atoms with Crippen LogP contribution in [-0.4, -0.2) is 77.6 Å². The van der Waals surface area contributed by atoms with Gasteiger partial charge in [0.2, 0.25) is 18.1 Å². The second-order valence-corrected chi connectivity index (χ2v) is 13.4. The number of nitrogen functional groups attached to an aromatic ring is 1. The van der Waals surface area contributed by atoms with Gasteiger partial charge in [0.1, 0.15) is 17.1 Å². The number of carbonyl (C=O) groups excluding carboxylic acids is 3. The van der Waals surface area contributed by atoms with E-state index in [2.05, 4.69) is 24.8 Å². The second kappa shape index (κ2) is 15.8. The number of amides is 2. The molecule has 0 spiro atoms. The lowest BCUT2D eigenvalue weighted by atomic mass is 10.0. The average Bonchev–Trinajstić information content (AvgIpc) is 3.57. The maximum atomic E-state index is 14.2. The zero-order chi connectivity index (χ0) is 35.0. The van der Waals surface area contributed by atoms with Crippen molar-refractivity contribution in [2.75, 3.05) is 18.1 Å². The van der Waals surface area contributed by atoms with Crippen LogP contribution in [0.15, 0.2) is 106 Å². The van der Waals surface area contributed by atoms with Crippen molar-refractivity contribution in [2.45, 2.75) is 17.5 Å². The van der Waals surface area contributed by atoms with Gasteiger partial charge in [-0.1, -0.05) is 83.6 Å². The van der Waals surface area contributed by atoms with Crippen LogP contribution in [0.2, 0.25) is 0 Å². The summed E-state index contributed by atoms with van der Waals surface area (Å²) in [7, 11) is 0. The fourth-order valence-electron chi connectivity index (χ4n) is 4.96. The minimum atomic E-state index is -1.32. The number of nitrogens with zero attached hydrogens (tertiary/aromatic N) is 5. The van der Waals surface area contributed by atoms with Gasteiger partial charge in [-0.2, -0.15) is 9.36 Å². The van der Waals surface area contributed by atoms with Crippen LogP contribution >= 0.6 is 35.1 Å². The Morgan fingerprint density at radius 3 is 2.44 bits per heavy atom. The smallest absolute Gasteiger partial charge is 0.356 e. The molecule has 0 bridgehead atoms. The molecule has 2 amide bonds. The first-order chi connectivity index (χ1) is 24.3. The molecule has 4 N–H and O–H groups in total. The number of nitrogens with one attached hydrogen (secondary N) is 1. The summed E-state index contributed by atoms with van der Waals surface area (Å²) in [5, 5.41) is 16.3. The molecule has 14 nitrogen and oxygen atoms in total. The Bertz CT molecular complexity index is 1940. The number of hydrogen-bond acceptors (Lipinski definition) is 14. The summed E-state index contributed by atoms with van der Waals surface area (Å²) in [4.78, 5) is 67.1. The lowest BCUT2D eigenvalue weighted by Crippen LogP contribution is -2.71. The number of pyridine rings is 1. The zero-order valence-electron chi connectivity index (χ0n) is 25.8. The number of β-lactam (4-membered cyclic amide) rings is 1. The molecule has 2 atom stereocenters. The zero-order valence-corrected chi connectivity index (χ0v) is 28.3. The number of oxime groups is 1. The van der Waals surface area contributed by atoms with Crippen LogP contribution in [0.5, 0.6) is 0 Å². The summed E-state index contributed by atoms with van der Waals surface area (Å²) >= 11 is 3.42. The number of carboxylic acid groups (broad SMARTS) is 1. The number of hydrogen-bond donors (Lipinski definition) is 3. The highest BCUT2D eigenvalue weighted by Gasteiger charge is 2.55. The summed E-state index contributed by atoms with van der Waals surface area (Å²) in [5.41, 5.74) is 7.61. The van der Waals surface area contributed by atoms with E-state index in [1.54, 1.807) is 12.4 Å². The van der Waals surface area contributed by atoms with E-state index >= 15 is 0 Å². The van der Waals surface area contributed by atoms with Crippen LogP contribution in [0.4, 0.5) is 5.13 Å². The van der Waals surface area contributed by atoms with Gasteiger partial charge in [-0.15, -0.1) is 11.8 Å². The van der Waals surface area contributed by atoms with Crippen molar-refractivity contribution < 1.29 is 33.9 Å². The highest BCUT2D eigenvalue weighted by atomic mass is 32.2. The number of fused-ring (bicyclic) bond motifs is 1. The van der Waals surface area contributed by atoms with E-state index in [0.29, 0.717) is 10.7 Å². The van der Waals surface area contributed by atoms with E-state index in [4.69, 9.17) is 20.4 Å². The summed E-state index contributed by atoms with van der Waals surface area (Å²) in [6, 6.07) is 21.2. The van der Waals surface area contributed by atoms with Gasteiger partial charge in [-0.25, -0.2) is 9.59 Å². The number of benzene rings is 2. The highest BCUT2D eigenvalue weighted by molar-refractivity contribution is 8.08. The van der Waals surface area contributed by atoms with Crippen LogP contribution in [-0.2, 0) is 28.8 Å². The quantitative estimate of drug-likeness (QED) is 0.0780. The van der Waals surface area contributed by atoms with Crippen LogP contribution in [0, 0.1) is 0 Å². The third-order valence-corrected chi connectivity index (χ3v) is 10.1. The van der Waals surface area contributed by atoms with Crippen molar-refractivity contribution in [1.82, 2.24) is 24.6 Å². The first kappa shape index (κ1) is 34.3. The van der Waals surface area contributed by atoms with Gasteiger partial charge in [-0.3, -0.25) is 19.5 Å². The largest absolute Gasteiger partial charge is 0.479 e. The molecule has 254 valence electrons. The lowest BCUT2D eigenvalue weighted by Gasteiger charge is -2.49. The van der Waals surface area contributed by atoms with Gasteiger partial charge in [0, 0.05) is 34.6 Å². The lowest BCUT2D eigenvalue weighted by molar-refractivity contribution is -0.154. The monoisotopic (exact) mass is 729 g/mol. The Hall–Kier alpha value is -5.52. The van der Waals surface area contributed by atoms with Crippen LogP contribution in [0.1, 0.15) is 28.6 Å². The molecular formula is C33H27N7O7S3. The number of thioether (sulfide) groups is 2. The number of esters is 1. The predicted octanol–water partition coefficient (Wildman–Crippen LogP) is 3.67. The van der Waals surface area contributed by atoms with Crippen LogP contribution in [0.3, 0.4) is 0 Å². The molecule has 4 aromatic rings. The molecule has 17 heteroatoms. The molecule has 0 aliphatic carbocycles. The van der Waals surface area contributed by atoms with E-state index in [-0.39, 0.29) is 16.7 Å². The summed E-state index contributed by atoms with van der Waals surface area (Å²) in [5.74, 6) is -3.38. The number of rotatable bonds is 13. The van der Waals surface area contributed by atoms with E-state index in [0.717, 1.165) is 28.2 Å². The van der Waals surface area contributed by atoms with Crippen LogP contribution in [0.25, 0.3) is 6.08 Å². The van der Waals surface area contributed by atoms with Gasteiger partial charge in [0.15, 0.2) is 11.2 Å². The Balaban J connectivity index is 1.28. The minimum absolute atomic E-state index is 0.0349. The van der Waals surface area contributed by atoms with Crippen molar-refractivity contribution in [3.8, 4) is 0 Å². The fourth-order valence-corrected chi connectivity index (χ4v) is 7.75. The van der Waals surface area contributed by atoms with Crippen molar-refractivity contribution >= 4 is 75.7 Å². The number of aromatic nitrogens is 3. The summed E-state index contributed by atoms with van der Waals surface area (Å²) < 4.78 is 10.2. The molecule has 1 fully saturated rings. The molecule has 2 aromatic heterocycles. The first-order valence-corrected chi connectivity index (χ1v) is 17.5. The maximum Gasteiger partial charge on any atom is 0.356 e. The second-order valence-electron chi connectivity index (χ2n) is 10.5. The standard InChI is InChI=1S/C33H27N7O7S3/c34-33-37-28(39-50-33)24(38-46-17-23(41)42)29(43)36-25-30(44)40-26(22(18-49-31(25)40)48-15-13-19-8-7-14-35-16-19)32(45)47-27(20-9-3-1-4-10-20)21-11-5-2-6-12-21/h1-16,25,27,31H,17-18H2,(H,36,43)(H,41,42)(H2,34,37,39)/b15-13-,38-24?/t25?,31-/m0/s1. The average molecular weight is 730 g/mol. The number of ether oxygens (including phenoxy) is 1. The van der Waals surface area contributed by atoms with Gasteiger partial charge < -0.3 is 25.7 Å². The number of carboxylic acids is 1. The highest BCUT2D eigenvalue weighted by Crippen LogP contribution is 2.45. The van der Waals surface area contributed by atoms with Crippen molar-refractivity contribution in [3.63, 3.8) is 0 Å². The normalized spacial score (nSPS) is 17.3. The Morgan fingerprint density at radius 2 is 1.82 bits per heavy atom.